The van der Waals surface area contributed by atoms with E-state index in [1.54, 1.807) is 12.1 Å². The zero-order valence-electron chi connectivity index (χ0n) is 29.0. The minimum absolute atomic E-state index is 0.0149. The van der Waals surface area contributed by atoms with Gasteiger partial charge in [-0.2, -0.15) is 0 Å². The zero-order chi connectivity index (χ0) is 36.9. The highest BCUT2D eigenvalue weighted by atomic mass is 32.1. The molecule has 0 saturated carbocycles. The molecule has 0 amide bonds. The van der Waals surface area contributed by atoms with Gasteiger partial charge in [0.2, 0.25) is 0 Å². The Labute approximate surface area is 304 Å². The molecule has 2 aromatic carbocycles. The Balaban J connectivity index is 0.00000138. The predicted molar refractivity (Wildman–Crippen MR) is 201 cm³/mol. The number of thiazole rings is 2. The molecule has 272 valence electrons. The zero-order valence-corrected chi connectivity index (χ0v) is 30.6. The summed E-state index contributed by atoms with van der Waals surface area (Å²) in [6, 6.07) is 12.5. The topological polar surface area (TPSA) is 185 Å². The van der Waals surface area contributed by atoms with Crippen LogP contribution in [0.25, 0.3) is 10.2 Å². The second kappa shape index (κ2) is 19.0. The van der Waals surface area contributed by atoms with Crippen LogP contribution in [0.4, 0.5) is 14.7 Å². The number of quaternary nitrogens is 1. The molecular weight excluding hydrogens is 694 g/mol. The highest BCUT2D eigenvalue weighted by Crippen LogP contribution is 2.35. The number of ether oxygens (including phenoxy) is 1. The molecule has 0 saturated heterocycles. The first-order valence-electron chi connectivity index (χ1n) is 16.6. The summed E-state index contributed by atoms with van der Waals surface area (Å²) >= 11 is 2.81. The number of carbonyl (C=O) groups is 1. The molecule has 15 heteroatoms. The van der Waals surface area contributed by atoms with E-state index in [0.717, 1.165) is 40.7 Å². The summed E-state index contributed by atoms with van der Waals surface area (Å²) in [5.74, 6) is 5.53. The van der Waals surface area contributed by atoms with E-state index in [2.05, 4.69) is 41.1 Å². The molecule has 2 aromatic heterocycles. The van der Waals surface area contributed by atoms with Crippen molar-refractivity contribution in [2.24, 2.45) is 11.5 Å². The van der Waals surface area contributed by atoms with Crippen molar-refractivity contribution in [1.29, 1.82) is 0 Å². The molecule has 5 rings (SSSR count). The predicted octanol–water partition coefficient (Wildman–Crippen LogP) is 3.53. The minimum Gasteiger partial charge on any atom is -0.491 e. The van der Waals surface area contributed by atoms with E-state index in [1.165, 1.54) is 33.6 Å². The van der Waals surface area contributed by atoms with Crippen molar-refractivity contribution in [3.05, 3.63) is 87.2 Å². The molecule has 51 heavy (non-hydrogen) atoms. The van der Waals surface area contributed by atoms with E-state index in [0.29, 0.717) is 58.3 Å². The Kier molecular flexibility index (Phi) is 14.6. The summed E-state index contributed by atoms with van der Waals surface area (Å²) < 4.78 is 21.4. The van der Waals surface area contributed by atoms with Crippen LogP contribution in [0.5, 0.6) is 5.75 Å². The molecule has 4 aromatic rings. The Morgan fingerprint density at radius 2 is 1.94 bits per heavy atom. The number of carboxylic acids is 1. The van der Waals surface area contributed by atoms with Crippen LogP contribution in [0, 0.1) is 17.7 Å². The van der Waals surface area contributed by atoms with E-state index in [4.69, 9.17) is 26.4 Å². The van der Waals surface area contributed by atoms with Crippen molar-refractivity contribution in [1.82, 2.24) is 9.97 Å². The number of anilines is 2. The average molecular weight is 739 g/mol. The summed E-state index contributed by atoms with van der Waals surface area (Å²) in [5, 5.41) is 29.6. The fourth-order valence-corrected chi connectivity index (χ4v) is 7.04. The first kappa shape index (κ1) is 39.1. The number of nitrogens with two attached hydrogens (primary N) is 2. The first-order chi connectivity index (χ1) is 24.6. The molecule has 0 radical (unpaired) electrons. The van der Waals surface area contributed by atoms with Gasteiger partial charge in [0.1, 0.15) is 18.2 Å². The number of nitrogens with zero attached hydrogens (tertiary/aromatic N) is 3. The number of aromatic nitrogens is 2. The number of aliphatic hydroxyl groups excluding tert-OH is 2. The molecule has 0 aliphatic carbocycles. The van der Waals surface area contributed by atoms with Gasteiger partial charge in [0, 0.05) is 17.0 Å². The molecule has 9 N–H and O–H groups in total. The second-order valence-corrected chi connectivity index (χ2v) is 13.8. The Morgan fingerprint density at radius 1 is 1.18 bits per heavy atom. The highest BCUT2D eigenvalue weighted by molar-refractivity contribution is 7.22. The molecule has 0 fully saturated rings. The van der Waals surface area contributed by atoms with Crippen LogP contribution in [-0.4, -0.2) is 77.8 Å². The lowest BCUT2D eigenvalue weighted by molar-refractivity contribution is -0.869. The van der Waals surface area contributed by atoms with Gasteiger partial charge in [-0.25, -0.2) is 19.2 Å². The molecule has 3 heterocycles. The maximum absolute atomic E-state index is 14.6. The molecule has 1 aliphatic heterocycles. The number of aliphatic hydroxyl groups is 2. The Hall–Kier alpha value is -4.72. The lowest BCUT2D eigenvalue weighted by Gasteiger charge is -2.30. The molecule has 0 spiro atoms. The third-order valence-electron chi connectivity index (χ3n) is 7.98. The summed E-state index contributed by atoms with van der Waals surface area (Å²) in [6.07, 6.45) is 2.39. The largest absolute Gasteiger partial charge is 0.491 e. The molecule has 0 bridgehead atoms. The van der Waals surface area contributed by atoms with Crippen molar-refractivity contribution < 1.29 is 34.1 Å². The van der Waals surface area contributed by atoms with Gasteiger partial charge < -0.3 is 46.6 Å². The van der Waals surface area contributed by atoms with Crippen LogP contribution < -0.4 is 31.3 Å². The maximum atomic E-state index is 14.6. The van der Waals surface area contributed by atoms with Gasteiger partial charge in [-0.15, -0.1) is 11.3 Å². The van der Waals surface area contributed by atoms with Crippen LogP contribution in [0.2, 0.25) is 0 Å². The number of aromatic carboxylic acids is 1. The summed E-state index contributed by atoms with van der Waals surface area (Å²) in [5.41, 5.74) is 16.3. The van der Waals surface area contributed by atoms with Gasteiger partial charge in [-0.3, -0.25) is 0 Å². The van der Waals surface area contributed by atoms with Crippen molar-refractivity contribution >= 4 is 49.1 Å². The van der Waals surface area contributed by atoms with Gasteiger partial charge >= 0.3 is 5.97 Å². The van der Waals surface area contributed by atoms with Gasteiger partial charge in [0.25, 0.3) is 0 Å². The van der Waals surface area contributed by atoms with Gasteiger partial charge in [-0.1, -0.05) is 29.4 Å². The highest BCUT2D eigenvalue weighted by Gasteiger charge is 2.26. The lowest BCUT2D eigenvalue weighted by atomic mass is 9.99. The smallest absolute Gasteiger partial charge is 0.355 e. The molecule has 1 atom stereocenters. The SMILES string of the molecule is CC[NH+](C)CC#Cc1ccc(OCCCc2sc(N3CCCC(/C(C)=C(\N)Nc4nc5ccccc5s4)=C3N)nc2C(=O)O)c(F)c1.OCCO. The Bertz CT molecular complexity index is 1900. The van der Waals surface area contributed by atoms with E-state index in [9.17, 15) is 14.3 Å². The standard InChI is InChI=1S/C34H38FN7O3S2.C2H6O2/c1-4-41(3)17-7-10-22-15-16-26(24(35)20-22)45-19-9-14-28-29(32(43)44)39-34(47-28)42-18-8-11-23(31(42)37)21(2)30(36)40-33-38-25-12-5-6-13-27(25)46-33;3-1-2-4/h5-6,12-13,15-16,20H,4,8-9,11,14,17-19,36-37H2,1-3H3,(H,38,40)(H,43,44);3-4H,1-2H2/p+1/b30-21+;. The van der Waals surface area contributed by atoms with Crippen LogP contribution in [-0.2, 0) is 6.42 Å². The first-order valence-corrected chi connectivity index (χ1v) is 18.2. The average Bonchev–Trinajstić information content (AvgIpc) is 3.74. The number of hydrogen-bond donors (Lipinski definition) is 7. The molecule has 1 unspecified atom stereocenters. The van der Waals surface area contributed by atoms with Crippen LogP contribution >= 0.6 is 22.7 Å². The normalized spacial score (nSPS) is 13.9. The fourth-order valence-electron chi connectivity index (χ4n) is 5.02. The van der Waals surface area contributed by atoms with Gasteiger partial charge in [0.15, 0.2) is 27.5 Å². The van der Waals surface area contributed by atoms with Crippen LogP contribution in [0.15, 0.2) is 65.3 Å². The van der Waals surface area contributed by atoms with Gasteiger partial charge in [-0.05, 0) is 86.9 Å². The summed E-state index contributed by atoms with van der Waals surface area (Å²) in [4.78, 5) is 24.9. The number of rotatable bonds is 13. The number of allylic oxidation sites excluding steroid dienone is 2. The van der Waals surface area contributed by atoms with E-state index in [-0.39, 0.29) is 31.3 Å². The second-order valence-electron chi connectivity index (χ2n) is 11.7. The van der Waals surface area contributed by atoms with E-state index in [1.807, 2.05) is 36.1 Å². The third kappa shape index (κ3) is 10.6. The number of fused-ring (bicyclic) bond motifs is 1. The number of hydrogen-bond acceptors (Lipinski definition) is 12. The minimum atomic E-state index is -1.11. The quantitative estimate of drug-likeness (QED) is 0.0787. The van der Waals surface area contributed by atoms with E-state index >= 15 is 0 Å². The third-order valence-corrected chi connectivity index (χ3v) is 10.1. The van der Waals surface area contributed by atoms with E-state index < -0.39 is 11.8 Å². The monoisotopic (exact) mass is 738 g/mol. The molecule has 12 nitrogen and oxygen atoms in total. The number of benzene rings is 2. The maximum Gasteiger partial charge on any atom is 0.355 e. The Morgan fingerprint density at radius 3 is 2.63 bits per heavy atom. The fraction of sp³-hybridized carbons (Fsp3) is 0.361. The number of nitrogens with one attached hydrogen (secondary N) is 2. The van der Waals surface area contributed by atoms with Gasteiger partial charge in [0.05, 0.1) is 43.6 Å². The lowest BCUT2D eigenvalue weighted by Crippen LogP contribution is -3.08. The number of halogens is 1. The van der Waals surface area contributed by atoms with Crippen molar-refractivity contribution in [3.8, 4) is 17.6 Å². The van der Waals surface area contributed by atoms with Crippen molar-refractivity contribution in [3.63, 3.8) is 0 Å². The summed E-state index contributed by atoms with van der Waals surface area (Å²) in [6.45, 7) is 6.20. The molecule has 1 aliphatic rings. The van der Waals surface area contributed by atoms with Crippen molar-refractivity contribution in [2.45, 2.75) is 39.5 Å². The number of aryl methyl sites for hydroxylation is 1. The number of para-hydroxylation sites is 1. The van der Waals surface area contributed by atoms with Crippen LogP contribution in [0.1, 0.15) is 54.0 Å². The number of carboxylic acid groups (broad SMARTS) is 1. The molecular formula is C36H45FN7O5S2+. The summed E-state index contributed by atoms with van der Waals surface area (Å²) in [7, 11) is 2.05. The van der Waals surface area contributed by atoms with Crippen LogP contribution in [0.3, 0.4) is 0 Å². The van der Waals surface area contributed by atoms with Crippen molar-refractivity contribution in [2.75, 3.05) is 56.7 Å².